The van der Waals surface area contributed by atoms with Gasteiger partial charge in [0.25, 0.3) is 5.91 Å². The van der Waals surface area contributed by atoms with E-state index in [0.717, 1.165) is 25.1 Å². The molecule has 0 aromatic carbocycles. The van der Waals surface area contributed by atoms with Gasteiger partial charge in [0.05, 0.1) is 0 Å². The molecule has 3 rings (SSSR count). The van der Waals surface area contributed by atoms with Crippen LogP contribution in [0.3, 0.4) is 0 Å². The third-order valence-electron chi connectivity index (χ3n) is 4.67. The number of nitrogens with zero attached hydrogens (tertiary/aromatic N) is 3. The Kier molecular flexibility index (Phi) is 4.69. The molecule has 2 amide bonds. The molecule has 7 heteroatoms. The maximum absolute atomic E-state index is 12.6. The number of amides is 2. The van der Waals surface area contributed by atoms with Gasteiger partial charge < -0.3 is 15.2 Å². The Balaban J connectivity index is 1.62. The number of likely N-dealkylation sites (tertiary alicyclic amines) is 1. The molecule has 3 heterocycles. The Morgan fingerprint density at radius 2 is 2.17 bits per heavy atom. The second-order valence-electron chi connectivity index (χ2n) is 6.44. The molecule has 7 nitrogen and oxygen atoms in total. The van der Waals surface area contributed by atoms with Crippen LogP contribution in [0.1, 0.15) is 54.3 Å². The summed E-state index contributed by atoms with van der Waals surface area (Å²) in [7, 11) is 0. The van der Waals surface area contributed by atoms with E-state index in [4.69, 9.17) is 5.73 Å². The number of hydrogen-bond acceptors (Lipinski definition) is 3. The zero-order valence-corrected chi connectivity index (χ0v) is 13.8. The largest absolute Gasteiger partial charge is 0.364 e. The molecule has 3 N–H and O–H groups in total. The molecule has 1 saturated heterocycles. The van der Waals surface area contributed by atoms with Gasteiger partial charge in [-0.05, 0) is 38.0 Å². The molecule has 1 aliphatic rings. The van der Waals surface area contributed by atoms with E-state index in [9.17, 15) is 9.59 Å². The minimum absolute atomic E-state index is 0.140. The van der Waals surface area contributed by atoms with Crippen LogP contribution < -0.4 is 5.73 Å². The third kappa shape index (κ3) is 3.50. The van der Waals surface area contributed by atoms with Gasteiger partial charge >= 0.3 is 0 Å². The zero-order valence-electron chi connectivity index (χ0n) is 13.8. The minimum atomic E-state index is -0.540. The van der Waals surface area contributed by atoms with Crippen LogP contribution in [-0.2, 0) is 4.79 Å². The lowest BCUT2D eigenvalue weighted by molar-refractivity contribution is -0.133. The highest BCUT2D eigenvalue weighted by Gasteiger charge is 2.27. The monoisotopic (exact) mass is 329 g/mol. The van der Waals surface area contributed by atoms with Crippen molar-refractivity contribution < 1.29 is 9.59 Å². The third-order valence-corrected chi connectivity index (χ3v) is 4.67. The van der Waals surface area contributed by atoms with Crippen molar-refractivity contribution in [2.45, 2.75) is 38.1 Å². The van der Waals surface area contributed by atoms with Gasteiger partial charge in [-0.2, -0.15) is 5.10 Å². The number of nitrogens with two attached hydrogens (primary N) is 1. The first-order valence-electron chi connectivity index (χ1n) is 8.30. The summed E-state index contributed by atoms with van der Waals surface area (Å²) < 4.78 is 2.05. The van der Waals surface area contributed by atoms with Gasteiger partial charge in [-0.1, -0.05) is 0 Å². The van der Waals surface area contributed by atoms with E-state index >= 15 is 0 Å². The summed E-state index contributed by atoms with van der Waals surface area (Å²) in [4.78, 5) is 25.7. The lowest BCUT2D eigenvalue weighted by Crippen LogP contribution is -2.39. The van der Waals surface area contributed by atoms with Crippen molar-refractivity contribution in [3.8, 4) is 0 Å². The first-order valence-corrected chi connectivity index (χ1v) is 8.30. The minimum Gasteiger partial charge on any atom is -0.364 e. The van der Waals surface area contributed by atoms with Crippen LogP contribution >= 0.6 is 0 Å². The number of primary amides is 1. The highest BCUT2D eigenvalue weighted by molar-refractivity contribution is 5.90. The van der Waals surface area contributed by atoms with Gasteiger partial charge in [0, 0.05) is 49.6 Å². The van der Waals surface area contributed by atoms with Crippen LogP contribution in [0.4, 0.5) is 0 Å². The van der Waals surface area contributed by atoms with Crippen molar-refractivity contribution in [2.24, 2.45) is 5.73 Å². The maximum Gasteiger partial charge on any atom is 0.269 e. The van der Waals surface area contributed by atoms with E-state index in [1.54, 1.807) is 6.07 Å². The van der Waals surface area contributed by atoms with Crippen LogP contribution in [0, 0.1) is 0 Å². The Hall–Kier alpha value is -2.57. The van der Waals surface area contributed by atoms with E-state index < -0.39 is 5.91 Å². The van der Waals surface area contributed by atoms with E-state index in [1.807, 2.05) is 40.9 Å². The van der Waals surface area contributed by atoms with Crippen LogP contribution in [0.5, 0.6) is 0 Å². The molecule has 0 radical (unpaired) electrons. The maximum atomic E-state index is 12.6. The standard InChI is InChI=1S/C17H23N5O2/c1-12(21-6-2-3-7-21)9-16(23)22-8-4-5-13(11-22)14-10-15(17(18)24)20-19-14/h2-3,6-7,10,12-13H,4-5,8-9,11H2,1H3,(H2,18,24)(H,19,20)/t12-,13-/m0/s1. The van der Waals surface area contributed by atoms with Crippen molar-refractivity contribution >= 4 is 11.8 Å². The molecule has 0 unspecified atom stereocenters. The number of H-pyrrole nitrogens is 1. The second kappa shape index (κ2) is 6.90. The Bertz CT molecular complexity index is 706. The first-order chi connectivity index (χ1) is 11.5. The summed E-state index contributed by atoms with van der Waals surface area (Å²) in [6, 6.07) is 5.77. The molecule has 0 aliphatic carbocycles. The Morgan fingerprint density at radius 3 is 2.83 bits per heavy atom. The fraction of sp³-hybridized carbons (Fsp3) is 0.471. The molecular weight excluding hydrogens is 306 g/mol. The number of carbonyl (C=O) groups is 2. The van der Waals surface area contributed by atoms with Crippen molar-refractivity contribution in [1.82, 2.24) is 19.7 Å². The number of aromatic nitrogens is 3. The molecule has 2 aromatic heterocycles. The van der Waals surface area contributed by atoms with Crippen molar-refractivity contribution in [1.29, 1.82) is 0 Å². The molecule has 128 valence electrons. The summed E-state index contributed by atoms with van der Waals surface area (Å²) >= 11 is 0. The molecule has 1 fully saturated rings. The lowest BCUT2D eigenvalue weighted by atomic mass is 9.94. The van der Waals surface area contributed by atoms with Gasteiger partial charge in [-0.25, -0.2) is 0 Å². The van der Waals surface area contributed by atoms with Gasteiger partial charge in [-0.3, -0.25) is 14.7 Å². The van der Waals surface area contributed by atoms with Crippen molar-refractivity contribution in [2.75, 3.05) is 13.1 Å². The number of piperidine rings is 1. The molecule has 0 saturated carbocycles. The van der Waals surface area contributed by atoms with Crippen LogP contribution in [-0.4, -0.2) is 44.6 Å². The molecule has 0 spiro atoms. The SMILES string of the molecule is C[C@@H](CC(=O)N1CCC[C@H](c2cc(C(N)=O)n[nH]2)C1)n1cccc1. The van der Waals surface area contributed by atoms with E-state index in [1.165, 1.54) is 0 Å². The van der Waals surface area contributed by atoms with Crippen molar-refractivity contribution in [3.05, 3.63) is 42.0 Å². The van der Waals surface area contributed by atoms with E-state index in [2.05, 4.69) is 10.2 Å². The molecule has 24 heavy (non-hydrogen) atoms. The normalized spacial score (nSPS) is 19.2. The Labute approximate surface area is 140 Å². The number of nitrogens with one attached hydrogen (secondary N) is 1. The highest BCUT2D eigenvalue weighted by Crippen LogP contribution is 2.27. The molecule has 2 aromatic rings. The van der Waals surface area contributed by atoms with Gasteiger partial charge in [0.2, 0.25) is 5.91 Å². The highest BCUT2D eigenvalue weighted by atomic mass is 16.2. The number of hydrogen-bond donors (Lipinski definition) is 2. The lowest BCUT2D eigenvalue weighted by Gasteiger charge is -2.33. The van der Waals surface area contributed by atoms with Gasteiger partial charge in [0.15, 0.2) is 0 Å². The smallest absolute Gasteiger partial charge is 0.269 e. The van der Waals surface area contributed by atoms with Gasteiger partial charge in [0.1, 0.15) is 5.69 Å². The quantitative estimate of drug-likeness (QED) is 0.873. The number of carbonyl (C=O) groups excluding carboxylic acids is 2. The average Bonchev–Trinajstić information content (AvgIpc) is 3.26. The molecule has 1 aliphatic heterocycles. The van der Waals surface area contributed by atoms with E-state index in [0.29, 0.717) is 13.0 Å². The summed E-state index contributed by atoms with van der Waals surface area (Å²) in [6.45, 7) is 3.48. The summed E-state index contributed by atoms with van der Waals surface area (Å²) in [5, 5.41) is 6.82. The molecule has 0 bridgehead atoms. The number of rotatable bonds is 5. The predicted octanol–water partition coefficient (Wildman–Crippen LogP) is 1.67. The molecular formula is C17H23N5O2. The van der Waals surface area contributed by atoms with Gasteiger partial charge in [-0.15, -0.1) is 0 Å². The fourth-order valence-corrected chi connectivity index (χ4v) is 3.26. The molecule has 2 atom stereocenters. The predicted molar refractivity (Wildman–Crippen MR) is 89.4 cm³/mol. The van der Waals surface area contributed by atoms with Crippen LogP contribution in [0.25, 0.3) is 0 Å². The fourth-order valence-electron chi connectivity index (χ4n) is 3.26. The zero-order chi connectivity index (χ0) is 17.1. The van der Waals surface area contributed by atoms with Crippen molar-refractivity contribution in [3.63, 3.8) is 0 Å². The Morgan fingerprint density at radius 1 is 1.42 bits per heavy atom. The van der Waals surface area contributed by atoms with Crippen LogP contribution in [0.2, 0.25) is 0 Å². The topological polar surface area (TPSA) is 97.0 Å². The van der Waals surface area contributed by atoms with E-state index in [-0.39, 0.29) is 23.6 Å². The first kappa shape index (κ1) is 16.3. The number of aromatic amines is 1. The summed E-state index contributed by atoms with van der Waals surface area (Å²) in [6.07, 6.45) is 6.35. The second-order valence-corrected chi connectivity index (χ2v) is 6.44. The summed E-state index contributed by atoms with van der Waals surface area (Å²) in [5.41, 5.74) is 6.36. The average molecular weight is 329 g/mol. The van der Waals surface area contributed by atoms with Crippen LogP contribution in [0.15, 0.2) is 30.6 Å². The summed E-state index contributed by atoms with van der Waals surface area (Å²) in [5.74, 6) is -0.206.